The molecule has 1 aliphatic heterocycles. The Morgan fingerprint density at radius 1 is 1.32 bits per heavy atom. The maximum absolute atomic E-state index is 9.22. The van der Waals surface area contributed by atoms with E-state index in [1.54, 1.807) is 0 Å². The lowest BCUT2D eigenvalue weighted by atomic mass is 9.93. The molecule has 19 heavy (non-hydrogen) atoms. The van der Waals surface area contributed by atoms with Crippen LogP contribution in [-0.4, -0.2) is 42.3 Å². The molecule has 0 amide bonds. The predicted molar refractivity (Wildman–Crippen MR) is 79.0 cm³/mol. The third kappa shape index (κ3) is 4.03. The molecule has 1 fully saturated rings. The summed E-state index contributed by atoms with van der Waals surface area (Å²) in [7, 11) is 2.01. The number of nitrogens with one attached hydrogen (secondary N) is 1. The zero-order valence-corrected chi connectivity index (χ0v) is 11.9. The van der Waals surface area contributed by atoms with E-state index in [1.165, 1.54) is 31.4 Å². The fourth-order valence-electron chi connectivity index (χ4n) is 3.15. The Bertz CT molecular complexity index is 355. The highest BCUT2D eigenvalue weighted by Crippen LogP contribution is 2.23. The van der Waals surface area contributed by atoms with E-state index >= 15 is 0 Å². The maximum atomic E-state index is 9.22. The summed E-state index contributed by atoms with van der Waals surface area (Å²) in [6.45, 7) is 2.46. The van der Waals surface area contributed by atoms with Gasteiger partial charge in [0.25, 0.3) is 0 Å². The number of likely N-dealkylation sites (tertiary alicyclic amines) is 1. The van der Waals surface area contributed by atoms with Gasteiger partial charge >= 0.3 is 0 Å². The summed E-state index contributed by atoms with van der Waals surface area (Å²) in [5.41, 5.74) is 1.38. The Morgan fingerprint density at radius 2 is 2.11 bits per heavy atom. The van der Waals surface area contributed by atoms with Crippen LogP contribution in [0.1, 0.15) is 31.2 Å². The summed E-state index contributed by atoms with van der Waals surface area (Å²) in [4.78, 5) is 2.58. The van der Waals surface area contributed by atoms with Crippen LogP contribution < -0.4 is 5.32 Å². The van der Waals surface area contributed by atoms with Gasteiger partial charge in [-0.2, -0.15) is 0 Å². The van der Waals surface area contributed by atoms with Crippen molar-refractivity contribution in [3.8, 4) is 0 Å². The van der Waals surface area contributed by atoms with Crippen molar-refractivity contribution >= 4 is 0 Å². The van der Waals surface area contributed by atoms with E-state index in [-0.39, 0.29) is 6.61 Å². The van der Waals surface area contributed by atoms with Crippen molar-refractivity contribution in [1.29, 1.82) is 0 Å². The maximum Gasteiger partial charge on any atom is 0.0446 e. The zero-order chi connectivity index (χ0) is 13.5. The Hall–Kier alpha value is -0.900. The summed E-state index contributed by atoms with van der Waals surface area (Å²) >= 11 is 0. The van der Waals surface area contributed by atoms with E-state index in [2.05, 4.69) is 40.5 Å². The molecule has 0 aromatic heterocycles. The molecular weight excluding hydrogens is 236 g/mol. The number of rotatable bonds is 6. The smallest absolute Gasteiger partial charge is 0.0446 e. The van der Waals surface area contributed by atoms with Gasteiger partial charge in [0.15, 0.2) is 0 Å². The number of likely N-dealkylation sites (N-methyl/N-ethyl adjacent to an activating group) is 1. The first kappa shape index (κ1) is 14.5. The molecule has 3 heteroatoms. The average Bonchev–Trinajstić information content (AvgIpc) is 2.47. The molecule has 1 aromatic rings. The average molecular weight is 262 g/mol. The minimum atomic E-state index is 0.265. The Labute approximate surface area is 116 Å². The summed E-state index contributed by atoms with van der Waals surface area (Å²) in [6.07, 6.45) is 4.67. The first-order chi connectivity index (χ1) is 9.35. The van der Waals surface area contributed by atoms with Crippen LogP contribution in [0.5, 0.6) is 0 Å². The fraction of sp³-hybridized carbons (Fsp3) is 0.625. The number of nitrogens with zero attached hydrogens (tertiary/aromatic N) is 1. The van der Waals surface area contributed by atoms with Crippen molar-refractivity contribution in [2.75, 3.05) is 20.2 Å². The quantitative estimate of drug-likeness (QED) is 0.823. The van der Waals surface area contributed by atoms with E-state index in [0.29, 0.717) is 12.1 Å². The Morgan fingerprint density at radius 3 is 2.79 bits per heavy atom. The number of hydrogen-bond donors (Lipinski definition) is 2. The van der Waals surface area contributed by atoms with Crippen LogP contribution in [-0.2, 0) is 6.54 Å². The van der Waals surface area contributed by atoms with Gasteiger partial charge in [0.1, 0.15) is 0 Å². The van der Waals surface area contributed by atoms with Gasteiger partial charge in [-0.3, -0.25) is 4.90 Å². The highest BCUT2D eigenvalue weighted by molar-refractivity contribution is 5.14. The lowest BCUT2D eigenvalue weighted by molar-refractivity contribution is 0.0977. The molecule has 106 valence electrons. The molecule has 0 spiro atoms. The van der Waals surface area contributed by atoms with Crippen molar-refractivity contribution in [2.45, 2.75) is 44.3 Å². The number of aliphatic hydroxyl groups is 1. The summed E-state index contributed by atoms with van der Waals surface area (Å²) in [5, 5.41) is 12.6. The first-order valence-electron chi connectivity index (χ1n) is 7.41. The second-order valence-corrected chi connectivity index (χ2v) is 5.43. The number of piperidine rings is 1. The molecule has 1 saturated heterocycles. The molecule has 1 aliphatic rings. The molecule has 2 atom stereocenters. The second kappa shape index (κ2) is 7.63. The normalized spacial score (nSPS) is 22.3. The van der Waals surface area contributed by atoms with Crippen LogP contribution in [0.3, 0.4) is 0 Å². The van der Waals surface area contributed by atoms with Crippen LogP contribution in [0, 0.1) is 0 Å². The summed E-state index contributed by atoms with van der Waals surface area (Å²) < 4.78 is 0. The van der Waals surface area contributed by atoms with Crippen molar-refractivity contribution in [3.63, 3.8) is 0 Å². The lowest BCUT2D eigenvalue weighted by Gasteiger charge is -2.40. The Kier molecular flexibility index (Phi) is 5.83. The third-order valence-electron chi connectivity index (χ3n) is 4.17. The summed E-state index contributed by atoms with van der Waals surface area (Å²) in [5.74, 6) is 0. The molecule has 0 aliphatic carbocycles. The van der Waals surface area contributed by atoms with Gasteiger partial charge in [-0.25, -0.2) is 0 Å². The fourth-order valence-corrected chi connectivity index (χ4v) is 3.15. The van der Waals surface area contributed by atoms with E-state index in [4.69, 9.17) is 0 Å². The predicted octanol–water partition coefficient (Wildman–Crippen LogP) is 2.01. The Balaban J connectivity index is 2.02. The van der Waals surface area contributed by atoms with Gasteiger partial charge in [-0.05, 0) is 38.4 Å². The third-order valence-corrected chi connectivity index (χ3v) is 4.17. The largest absolute Gasteiger partial charge is 0.396 e. The van der Waals surface area contributed by atoms with Crippen LogP contribution in [0.15, 0.2) is 30.3 Å². The van der Waals surface area contributed by atoms with E-state index in [9.17, 15) is 5.11 Å². The number of aliphatic hydroxyl groups excluding tert-OH is 1. The monoisotopic (exact) mass is 262 g/mol. The SMILES string of the molecule is CN[C@H](CCO)[C@H]1CCCCN1Cc1ccccc1. The molecule has 0 unspecified atom stereocenters. The van der Waals surface area contributed by atoms with Crippen LogP contribution in [0.25, 0.3) is 0 Å². The topological polar surface area (TPSA) is 35.5 Å². The number of hydrogen-bond acceptors (Lipinski definition) is 3. The minimum Gasteiger partial charge on any atom is -0.396 e. The molecule has 2 N–H and O–H groups in total. The highest BCUT2D eigenvalue weighted by Gasteiger charge is 2.28. The van der Waals surface area contributed by atoms with E-state index in [0.717, 1.165) is 13.0 Å². The molecule has 0 radical (unpaired) electrons. The first-order valence-corrected chi connectivity index (χ1v) is 7.41. The highest BCUT2D eigenvalue weighted by atomic mass is 16.3. The number of benzene rings is 1. The van der Waals surface area contributed by atoms with E-state index < -0.39 is 0 Å². The van der Waals surface area contributed by atoms with Crippen LogP contribution in [0.4, 0.5) is 0 Å². The molecule has 0 bridgehead atoms. The summed E-state index contributed by atoms with van der Waals surface area (Å²) in [6, 6.07) is 11.6. The van der Waals surface area contributed by atoms with Crippen molar-refractivity contribution < 1.29 is 5.11 Å². The molecule has 1 aromatic carbocycles. The lowest BCUT2D eigenvalue weighted by Crippen LogP contribution is -2.51. The van der Waals surface area contributed by atoms with Gasteiger partial charge in [-0.15, -0.1) is 0 Å². The second-order valence-electron chi connectivity index (χ2n) is 5.43. The van der Waals surface area contributed by atoms with Gasteiger partial charge in [-0.1, -0.05) is 36.8 Å². The molecule has 3 nitrogen and oxygen atoms in total. The van der Waals surface area contributed by atoms with Gasteiger partial charge < -0.3 is 10.4 Å². The van der Waals surface area contributed by atoms with Crippen LogP contribution in [0.2, 0.25) is 0 Å². The standard InChI is InChI=1S/C16H26N2O/c1-17-15(10-12-19)16-9-5-6-11-18(16)13-14-7-3-2-4-8-14/h2-4,7-8,15-17,19H,5-6,9-13H2,1H3/t15-,16-/m1/s1. The van der Waals surface area contributed by atoms with Crippen molar-refractivity contribution in [1.82, 2.24) is 10.2 Å². The van der Waals surface area contributed by atoms with Crippen molar-refractivity contribution in [2.24, 2.45) is 0 Å². The molecule has 0 saturated carbocycles. The van der Waals surface area contributed by atoms with Gasteiger partial charge in [0, 0.05) is 25.2 Å². The zero-order valence-electron chi connectivity index (χ0n) is 11.9. The molecular formula is C16H26N2O. The molecule has 2 rings (SSSR count). The van der Waals surface area contributed by atoms with E-state index in [1.807, 2.05) is 7.05 Å². The molecule has 1 heterocycles. The minimum absolute atomic E-state index is 0.265. The van der Waals surface area contributed by atoms with Gasteiger partial charge in [0.05, 0.1) is 0 Å². The van der Waals surface area contributed by atoms with Crippen molar-refractivity contribution in [3.05, 3.63) is 35.9 Å². The van der Waals surface area contributed by atoms with Gasteiger partial charge in [0.2, 0.25) is 0 Å². The van der Waals surface area contributed by atoms with Crippen LogP contribution >= 0.6 is 0 Å².